The van der Waals surface area contributed by atoms with Gasteiger partial charge in [0, 0.05) is 60.6 Å². The van der Waals surface area contributed by atoms with Gasteiger partial charge < -0.3 is 15.0 Å². The summed E-state index contributed by atoms with van der Waals surface area (Å²) in [4.78, 5) is 24.5. The SMILES string of the molecule is Fc1cc(OCCN2CCCC2)cc(-c2nccc3[nH]c(-c4[nH]nc5ncc(-c6cncc(CNCC7CCCC7)c6)cc45)nc23)c1. The van der Waals surface area contributed by atoms with Crippen LogP contribution in [0.5, 0.6) is 5.75 Å². The third kappa shape index (κ3) is 6.45. The van der Waals surface area contributed by atoms with Crippen LogP contribution in [-0.2, 0) is 6.54 Å². The number of halogens is 1. The lowest BCUT2D eigenvalue weighted by Gasteiger charge is -2.15. The van der Waals surface area contributed by atoms with E-state index in [4.69, 9.17) is 9.72 Å². The Morgan fingerprint density at radius 1 is 0.936 bits per heavy atom. The zero-order valence-corrected chi connectivity index (χ0v) is 26.3. The zero-order valence-electron chi connectivity index (χ0n) is 26.3. The van der Waals surface area contributed by atoms with E-state index in [0.29, 0.717) is 46.3 Å². The van der Waals surface area contributed by atoms with Crippen molar-refractivity contribution in [1.29, 1.82) is 0 Å². The highest BCUT2D eigenvalue weighted by Crippen LogP contribution is 2.33. The number of imidazole rings is 1. The molecule has 6 aromatic rings. The van der Waals surface area contributed by atoms with Gasteiger partial charge in [-0.05, 0) is 87.1 Å². The fourth-order valence-electron chi connectivity index (χ4n) is 6.96. The van der Waals surface area contributed by atoms with Crippen molar-refractivity contribution in [2.24, 2.45) is 5.92 Å². The Labute approximate surface area is 272 Å². The van der Waals surface area contributed by atoms with E-state index in [0.717, 1.165) is 66.2 Å². The Kier molecular flexibility index (Phi) is 8.31. The lowest BCUT2D eigenvalue weighted by Crippen LogP contribution is -2.25. The van der Waals surface area contributed by atoms with Gasteiger partial charge in [0.25, 0.3) is 0 Å². The van der Waals surface area contributed by atoms with Crippen molar-refractivity contribution in [1.82, 2.24) is 45.3 Å². The largest absolute Gasteiger partial charge is 0.492 e. The Balaban J connectivity index is 1.05. The van der Waals surface area contributed by atoms with E-state index in [1.165, 1.54) is 50.7 Å². The van der Waals surface area contributed by atoms with Gasteiger partial charge in [-0.15, -0.1) is 0 Å². The average molecular weight is 632 g/mol. The number of H-pyrrole nitrogens is 2. The van der Waals surface area contributed by atoms with E-state index in [1.54, 1.807) is 6.20 Å². The maximum Gasteiger partial charge on any atom is 0.181 e. The molecule has 6 heterocycles. The van der Waals surface area contributed by atoms with Crippen LogP contribution in [-0.4, -0.2) is 72.8 Å². The Hall–Kier alpha value is -4.74. The third-order valence-electron chi connectivity index (χ3n) is 9.43. The molecule has 10 nitrogen and oxygen atoms in total. The third-order valence-corrected chi connectivity index (χ3v) is 9.43. The summed E-state index contributed by atoms with van der Waals surface area (Å²) in [6.45, 7) is 5.37. The van der Waals surface area contributed by atoms with E-state index in [-0.39, 0.29) is 5.82 Å². The van der Waals surface area contributed by atoms with Gasteiger partial charge in [0.1, 0.15) is 29.4 Å². The highest BCUT2D eigenvalue weighted by atomic mass is 19.1. The molecule has 1 aliphatic carbocycles. The van der Waals surface area contributed by atoms with Crippen molar-refractivity contribution < 1.29 is 9.13 Å². The molecule has 3 N–H and O–H groups in total. The molecule has 1 aromatic carbocycles. The van der Waals surface area contributed by atoms with Crippen LogP contribution in [0.15, 0.2) is 61.2 Å². The standard InChI is InChI=1S/C36H38FN9O/c37-28-14-25(15-29(17-28)47-12-11-46-9-3-4-10-46)32-34-31(7-8-40-32)42-36(43-34)33-30-16-27(22-41-35(30)45-44-33)26-13-24(20-39-21-26)19-38-18-23-5-1-2-6-23/h7-8,13-17,20-23,38H,1-6,9-12,18-19H2,(H,42,43)(H,41,44,45). The summed E-state index contributed by atoms with van der Waals surface area (Å²) in [6.07, 6.45) is 15.1. The van der Waals surface area contributed by atoms with Crippen molar-refractivity contribution in [2.75, 3.05) is 32.8 Å². The number of hydrogen-bond donors (Lipinski definition) is 3. The van der Waals surface area contributed by atoms with Gasteiger partial charge in [0.15, 0.2) is 11.5 Å². The monoisotopic (exact) mass is 631 g/mol. The molecule has 0 radical (unpaired) electrons. The van der Waals surface area contributed by atoms with Crippen LogP contribution in [0, 0.1) is 11.7 Å². The Morgan fingerprint density at radius 2 is 1.81 bits per heavy atom. The summed E-state index contributed by atoms with van der Waals surface area (Å²) in [5.74, 6) is 1.49. The Morgan fingerprint density at radius 3 is 2.70 bits per heavy atom. The molecule has 240 valence electrons. The first-order valence-electron chi connectivity index (χ1n) is 16.7. The van der Waals surface area contributed by atoms with E-state index in [9.17, 15) is 4.39 Å². The molecule has 0 atom stereocenters. The van der Waals surface area contributed by atoms with Gasteiger partial charge >= 0.3 is 0 Å². The van der Waals surface area contributed by atoms with Crippen molar-refractivity contribution in [3.8, 4) is 39.7 Å². The number of ether oxygens (including phenoxy) is 1. The van der Waals surface area contributed by atoms with Crippen LogP contribution in [0.3, 0.4) is 0 Å². The number of hydrogen-bond acceptors (Lipinski definition) is 8. The molecule has 1 saturated heterocycles. The van der Waals surface area contributed by atoms with E-state index < -0.39 is 0 Å². The number of rotatable bonds is 11. The summed E-state index contributed by atoms with van der Waals surface area (Å²) in [7, 11) is 0. The van der Waals surface area contributed by atoms with E-state index >= 15 is 0 Å². The number of fused-ring (bicyclic) bond motifs is 2. The maximum atomic E-state index is 14.8. The Bertz CT molecular complexity index is 2010. The van der Waals surface area contributed by atoms with Gasteiger partial charge in [-0.2, -0.15) is 5.10 Å². The molecule has 2 aliphatic rings. The number of pyridine rings is 3. The smallest absolute Gasteiger partial charge is 0.181 e. The van der Waals surface area contributed by atoms with Crippen LogP contribution in [0.4, 0.5) is 4.39 Å². The minimum atomic E-state index is -0.380. The van der Waals surface area contributed by atoms with E-state index in [1.807, 2.05) is 30.7 Å². The second-order valence-corrected chi connectivity index (χ2v) is 12.8. The second kappa shape index (κ2) is 13.2. The van der Waals surface area contributed by atoms with Gasteiger partial charge in [0.2, 0.25) is 0 Å². The normalized spacial score (nSPS) is 15.8. The topological polar surface area (TPSA) is 121 Å². The zero-order chi connectivity index (χ0) is 31.6. The quantitative estimate of drug-likeness (QED) is 0.148. The number of nitrogens with zero attached hydrogens (tertiary/aromatic N) is 6. The van der Waals surface area contributed by atoms with Crippen LogP contribution < -0.4 is 10.1 Å². The predicted molar refractivity (Wildman–Crippen MR) is 180 cm³/mol. The molecular weight excluding hydrogens is 593 g/mol. The van der Waals surface area contributed by atoms with E-state index in [2.05, 4.69) is 52.5 Å². The number of likely N-dealkylation sites (tertiary alicyclic amines) is 1. The number of benzene rings is 1. The number of nitrogens with one attached hydrogen (secondary N) is 3. The van der Waals surface area contributed by atoms with Gasteiger partial charge in [0.05, 0.1) is 16.6 Å². The predicted octanol–water partition coefficient (Wildman–Crippen LogP) is 6.52. The molecule has 2 fully saturated rings. The molecule has 11 heteroatoms. The summed E-state index contributed by atoms with van der Waals surface area (Å²) in [5, 5.41) is 12.0. The molecular formula is C36H38FN9O. The van der Waals surface area contributed by atoms with Crippen molar-refractivity contribution in [3.63, 3.8) is 0 Å². The first-order valence-corrected chi connectivity index (χ1v) is 16.7. The number of aromatic amines is 2. The fraction of sp³-hybridized carbons (Fsp3) is 0.361. The molecule has 5 aromatic heterocycles. The van der Waals surface area contributed by atoms with Gasteiger partial charge in [-0.25, -0.2) is 14.4 Å². The van der Waals surface area contributed by atoms with Gasteiger partial charge in [-0.1, -0.05) is 12.8 Å². The molecule has 0 spiro atoms. The number of aromatic nitrogens is 7. The molecule has 1 saturated carbocycles. The average Bonchev–Trinajstić information content (AvgIpc) is 3.91. The lowest BCUT2D eigenvalue weighted by molar-refractivity contribution is 0.237. The molecule has 0 bridgehead atoms. The highest BCUT2D eigenvalue weighted by Gasteiger charge is 2.19. The highest BCUT2D eigenvalue weighted by molar-refractivity contribution is 5.96. The lowest BCUT2D eigenvalue weighted by atomic mass is 10.1. The molecule has 0 amide bonds. The first kappa shape index (κ1) is 29.6. The molecule has 8 rings (SSSR count). The van der Waals surface area contributed by atoms with Crippen molar-refractivity contribution >= 4 is 22.1 Å². The first-order chi connectivity index (χ1) is 23.2. The molecule has 0 unspecified atom stereocenters. The van der Waals surface area contributed by atoms with Crippen LogP contribution >= 0.6 is 0 Å². The van der Waals surface area contributed by atoms with Crippen LogP contribution in [0.2, 0.25) is 0 Å². The molecule has 1 aliphatic heterocycles. The fourth-order valence-corrected chi connectivity index (χ4v) is 6.96. The summed E-state index contributed by atoms with van der Waals surface area (Å²) in [5.41, 5.74) is 6.96. The second-order valence-electron chi connectivity index (χ2n) is 12.8. The minimum Gasteiger partial charge on any atom is -0.492 e. The van der Waals surface area contributed by atoms with Crippen molar-refractivity contribution in [2.45, 2.75) is 45.1 Å². The summed E-state index contributed by atoms with van der Waals surface area (Å²) < 4.78 is 20.8. The van der Waals surface area contributed by atoms with Gasteiger partial charge in [-0.3, -0.25) is 20.0 Å². The summed E-state index contributed by atoms with van der Waals surface area (Å²) >= 11 is 0. The maximum absolute atomic E-state index is 14.8. The van der Waals surface area contributed by atoms with Crippen LogP contribution in [0.1, 0.15) is 44.1 Å². The van der Waals surface area contributed by atoms with Crippen molar-refractivity contribution in [3.05, 3.63) is 72.6 Å². The summed E-state index contributed by atoms with van der Waals surface area (Å²) in [6, 6.07) is 10.8. The minimum absolute atomic E-state index is 0.380. The van der Waals surface area contributed by atoms with Crippen LogP contribution in [0.25, 0.3) is 56.0 Å². The molecule has 47 heavy (non-hydrogen) atoms.